The predicted octanol–water partition coefficient (Wildman–Crippen LogP) is 4.60. The summed E-state index contributed by atoms with van der Waals surface area (Å²) in [6, 6.07) is 13.9. The Hall–Kier alpha value is -3.95. The van der Waals surface area contributed by atoms with Crippen LogP contribution in [-0.4, -0.2) is 33.8 Å². The lowest BCUT2D eigenvalue weighted by molar-refractivity contribution is 0.211. The van der Waals surface area contributed by atoms with Crippen LogP contribution in [0.3, 0.4) is 0 Å². The summed E-state index contributed by atoms with van der Waals surface area (Å²) < 4.78 is 18.7. The van der Waals surface area contributed by atoms with Gasteiger partial charge < -0.3 is 31.2 Å². The molecule has 0 fully saturated rings. The third-order valence-corrected chi connectivity index (χ3v) is 5.79. The van der Waals surface area contributed by atoms with Crippen LogP contribution in [0.4, 0.5) is 20.6 Å². The van der Waals surface area contributed by atoms with Gasteiger partial charge in [-0.25, -0.2) is 14.2 Å². The summed E-state index contributed by atoms with van der Waals surface area (Å²) in [5.41, 5.74) is 10.9. The van der Waals surface area contributed by atoms with E-state index in [0.717, 1.165) is 34.5 Å². The summed E-state index contributed by atoms with van der Waals surface area (Å²) in [4.78, 5) is 19.2. The Morgan fingerprint density at radius 1 is 1.26 bits per heavy atom. The van der Waals surface area contributed by atoms with Gasteiger partial charge in [0.05, 0.1) is 18.5 Å². The van der Waals surface area contributed by atoms with Crippen LogP contribution in [0, 0.1) is 5.82 Å². The molecule has 0 aliphatic carbocycles. The van der Waals surface area contributed by atoms with Gasteiger partial charge in [-0.2, -0.15) is 0 Å². The third kappa shape index (κ3) is 5.42. The van der Waals surface area contributed by atoms with Gasteiger partial charge in [0.15, 0.2) is 5.75 Å². The van der Waals surface area contributed by atoms with Gasteiger partial charge in [-0.15, -0.1) is 0 Å². The zero-order chi connectivity index (χ0) is 24.9. The number of anilines is 2. The monoisotopic (exact) mass is 477 g/mol. The highest BCUT2D eigenvalue weighted by atomic mass is 19.1. The minimum absolute atomic E-state index is 0.0311. The van der Waals surface area contributed by atoms with Gasteiger partial charge in [0.1, 0.15) is 11.5 Å². The molecule has 1 atom stereocenters. The van der Waals surface area contributed by atoms with Crippen LogP contribution in [0.25, 0.3) is 22.3 Å². The first-order valence-corrected chi connectivity index (χ1v) is 11.4. The van der Waals surface area contributed by atoms with Crippen molar-refractivity contribution >= 4 is 28.5 Å². The second-order valence-electron chi connectivity index (χ2n) is 8.26. The Kier molecular flexibility index (Phi) is 7.28. The zero-order valence-corrected chi connectivity index (χ0v) is 19.6. The molecule has 1 unspecified atom stereocenters. The van der Waals surface area contributed by atoms with Gasteiger partial charge >= 0.3 is 6.09 Å². The topological polar surface area (TPSA) is 125 Å². The van der Waals surface area contributed by atoms with Crippen molar-refractivity contribution in [1.82, 2.24) is 15.3 Å². The number of aliphatic hydroxyl groups excluding tert-OH is 1. The van der Waals surface area contributed by atoms with Crippen molar-refractivity contribution < 1.29 is 19.0 Å². The Morgan fingerprint density at radius 2 is 2.03 bits per heavy atom. The number of fused-ring (bicyclic) bond motifs is 1. The number of aromatic amines is 1. The van der Waals surface area contributed by atoms with E-state index in [0.29, 0.717) is 23.3 Å². The predicted molar refractivity (Wildman–Crippen MR) is 134 cm³/mol. The number of nitrogens with two attached hydrogens (primary N) is 1. The number of nitrogens with one attached hydrogen (secondary N) is 3. The maximum atomic E-state index is 13.4. The van der Waals surface area contributed by atoms with Crippen LogP contribution >= 0.6 is 0 Å². The highest BCUT2D eigenvalue weighted by Gasteiger charge is 2.18. The van der Waals surface area contributed by atoms with E-state index in [1.165, 1.54) is 18.3 Å². The maximum Gasteiger partial charge on any atom is 0.410 e. The van der Waals surface area contributed by atoms with E-state index >= 15 is 0 Å². The van der Waals surface area contributed by atoms with Gasteiger partial charge in [-0.1, -0.05) is 19.1 Å². The second-order valence-corrected chi connectivity index (χ2v) is 8.26. The molecular formula is C26H28FN5O3. The first kappa shape index (κ1) is 24.2. The SMILES string of the molecule is CCc1c(CNC(C)CO)cccc1Nc1c(OC(N)=O)cnc2[nH]c(-c3ccc(F)cc3)cc12. The van der Waals surface area contributed by atoms with Crippen LogP contribution in [0.1, 0.15) is 25.0 Å². The van der Waals surface area contributed by atoms with Crippen molar-refractivity contribution in [2.45, 2.75) is 32.9 Å². The average Bonchev–Trinajstić information content (AvgIpc) is 3.28. The number of aromatic nitrogens is 2. The summed E-state index contributed by atoms with van der Waals surface area (Å²) in [6.07, 6.45) is 1.23. The molecule has 0 saturated carbocycles. The van der Waals surface area contributed by atoms with Crippen LogP contribution in [0.15, 0.2) is 54.7 Å². The van der Waals surface area contributed by atoms with Crippen LogP contribution in [0.2, 0.25) is 0 Å². The summed E-state index contributed by atoms with van der Waals surface area (Å²) >= 11 is 0. The Bertz CT molecular complexity index is 1340. The number of nitrogens with zero attached hydrogens (tertiary/aromatic N) is 1. The second kappa shape index (κ2) is 10.5. The number of ether oxygens (including phenoxy) is 1. The summed E-state index contributed by atoms with van der Waals surface area (Å²) in [5, 5.41) is 16.7. The van der Waals surface area contributed by atoms with Crippen molar-refractivity contribution in [3.63, 3.8) is 0 Å². The average molecular weight is 478 g/mol. The van der Waals surface area contributed by atoms with Gasteiger partial charge in [0.25, 0.3) is 0 Å². The molecular weight excluding hydrogens is 449 g/mol. The molecule has 0 saturated heterocycles. The van der Waals surface area contributed by atoms with Gasteiger partial charge in [0.2, 0.25) is 0 Å². The molecule has 0 spiro atoms. The minimum Gasteiger partial charge on any atom is -0.407 e. The number of carbonyl (C=O) groups is 1. The Labute approximate surface area is 202 Å². The van der Waals surface area contributed by atoms with Gasteiger partial charge in [-0.3, -0.25) is 0 Å². The third-order valence-electron chi connectivity index (χ3n) is 5.79. The van der Waals surface area contributed by atoms with Crippen molar-refractivity contribution in [3.05, 3.63) is 71.7 Å². The number of benzene rings is 2. The van der Waals surface area contributed by atoms with E-state index < -0.39 is 6.09 Å². The lowest BCUT2D eigenvalue weighted by atomic mass is 10.0. The summed E-state index contributed by atoms with van der Waals surface area (Å²) in [7, 11) is 0. The molecule has 182 valence electrons. The first-order valence-electron chi connectivity index (χ1n) is 11.4. The zero-order valence-electron chi connectivity index (χ0n) is 19.6. The molecule has 2 aromatic heterocycles. The molecule has 4 aromatic rings. The number of halogens is 1. The van der Waals surface area contributed by atoms with Gasteiger partial charge in [0, 0.05) is 29.4 Å². The molecule has 8 nitrogen and oxygen atoms in total. The molecule has 2 aromatic carbocycles. The minimum atomic E-state index is -0.949. The van der Waals surface area contributed by atoms with E-state index in [2.05, 4.69) is 27.5 Å². The number of rotatable bonds is 9. The van der Waals surface area contributed by atoms with E-state index in [1.54, 1.807) is 12.1 Å². The number of carbonyl (C=O) groups excluding carboxylic acids is 1. The highest BCUT2D eigenvalue weighted by molar-refractivity contribution is 5.98. The largest absolute Gasteiger partial charge is 0.410 e. The number of hydrogen-bond acceptors (Lipinski definition) is 6. The van der Waals surface area contributed by atoms with Gasteiger partial charge in [-0.05, 0) is 66.4 Å². The number of primary amides is 1. The number of amides is 1. The number of pyridine rings is 1. The summed E-state index contributed by atoms with van der Waals surface area (Å²) in [5.74, 6) is -0.133. The molecule has 35 heavy (non-hydrogen) atoms. The number of hydrogen-bond donors (Lipinski definition) is 5. The maximum absolute atomic E-state index is 13.4. The fraction of sp³-hybridized carbons (Fsp3) is 0.231. The fourth-order valence-electron chi connectivity index (χ4n) is 3.97. The number of aliphatic hydroxyl groups is 1. The Morgan fingerprint density at radius 3 is 2.71 bits per heavy atom. The van der Waals surface area contributed by atoms with E-state index in [4.69, 9.17) is 10.5 Å². The highest BCUT2D eigenvalue weighted by Crippen LogP contribution is 2.38. The smallest absolute Gasteiger partial charge is 0.407 e. The molecule has 2 heterocycles. The van der Waals surface area contributed by atoms with Crippen molar-refractivity contribution in [3.8, 4) is 17.0 Å². The molecule has 0 aliphatic heterocycles. The Balaban J connectivity index is 1.78. The standard InChI is InChI=1S/C26H28FN5O3/c1-3-19-17(12-29-15(2)14-33)5-4-6-21(19)31-24-20-11-22(16-7-9-18(27)10-8-16)32-25(20)30-13-23(24)35-26(28)34/h4-11,13,15,29,33H,3,12,14H2,1-2H3,(H2,28,34)(H2,30,31,32). The van der Waals surface area contributed by atoms with Crippen molar-refractivity contribution in [2.75, 3.05) is 11.9 Å². The van der Waals surface area contributed by atoms with E-state index in [-0.39, 0.29) is 24.2 Å². The van der Waals surface area contributed by atoms with E-state index in [1.807, 2.05) is 31.2 Å². The lowest BCUT2D eigenvalue weighted by Crippen LogP contribution is -2.29. The molecule has 9 heteroatoms. The quantitative estimate of drug-likeness (QED) is 0.240. The van der Waals surface area contributed by atoms with Crippen LogP contribution in [-0.2, 0) is 13.0 Å². The molecule has 0 bridgehead atoms. The van der Waals surface area contributed by atoms with Crippen LogP contribution < -0.4 is 21.1 Å². The number of H-pyrrole nitrogens is 1. The van der Waals surface area contributed by atoms with Crippen molar-refractivity contribution in [2.24, 2.45) is 5.73 Å². The van der Waals surface area contributed by atoms with Crippen LogP contribution in [0.5, 0.6) is 5.75 Å². The molecule has 4 rings (SSSR count). The molecule has 6 N–H and O–H groups in total. The normalized spacial score (nSPS) is 12.0. The lowest BCUT2D eigenvalue weighted by Gasteiger charge is -2.19. The van der Waals surface area contributed by atoms with E-state index in [9.17, 15) is 14.3 Å². The fourth-order valence-corrected chi connectivity index (χ4v) is 3.97. The molecule has 0 radical (unpaired) electrons. The van der Waals surface area contributed by atoms with Crippen molar-refractivity contribution in [1.29, 1.82) is 0 Å². The molecule has 0 aliphatic rings. The first-order chi connectivity index (χ1) is 16.9. The molecule has 1 amide bonds. The summed E-state index contributed by atoms with van der Waals surface area (Å²) in [6.45, 7) is 4.62.